The molecule has 3 amide bonds. The Morgan fingerprint density at radius 1 is 1.53 bits per heavy atom. The summed E-state index contributed by atoms with van der Waals surface area (Å²) in [7, 11) is 0. The number of nitrogens with one attached hydrogen (secondary N) is 3. The van der Waals surface area contributed by atoms with E-state index in [1.807, 2.05) is 0 Å². The summed E-state index contributed by atoms with van der Waals surface area (Å²) in [5, 5.41) is 19.9. The predicted molar refractivity (Wildman–Crippen MR) is 63.9 cm³/mol. The van der Waals surface area contributed by atoms with Gasteiger partial charge in [-0.2, -0.15) is 5.10 Å². The number of carbonyl (C=O) groups excluding carboxylic acids is 2. The van der Waals surface area contributed by atoms with E-state index in [1.165, 1.54) is 0 Å². The third kappa shape index (κ3) is 4.66. The van der Waals surface area contributed by atoms with Crippen molar-refractivity contribution < 1.29 is 19.5 Å². The molecule has 1 aromatic rings. The van der Waals surface area contributed by atoms with Crippen LogP contribution in [0.25, 0.3) is 0 Å². The Labute approximate surface area is 108 Å². The Morgan fingerprint density at radius 3 is 2.68 bits per heavy atom. The van der Waals surface area contributed by atoms with Crippen LogP contribution in [-0.4, -0.2) is 39.3 Å². The van der Waals surface area contributed by atoms with Crippen LogP contribution in [0, 0.1) is 6.92 Å². The molecule has 0 aliphatic carbocycles. The average molecular weight is 269 g/mol. The molecule has 0 aromatic carbocycles. The fraction of sp³-hybridized carbons (Fsp3) is 0.400. The van der Waals surface area contributed by atoms with Gasteiger partial charge in [-0.3, -0.25) is 9.89 Å². The van der Waals surface area contributed by atoms with Gasteiger partial charge >= 0.3 is 12.0 Å². The molecule has 6 N–H and O–H groups in total. The van der Waals surface area contributed by atoms with Gasteiger partial charge in [0.15, 0.2) is 0 Å². The minimum absolute atomic E-state index is 0.192. The summed E-state index contributed by atoms with van der Waals surface area (Å²) in [6.45, 7) is 1.98. The number of aromatic amines is 1. The van der Waals surface area contributed by atoms with Crippen LogP contribution in [-0.2, 0) is 16.1 Å². The summed E-state index contributed by atoms with van der Waals surface area (Å²) in [5.41, 5.74) is 6.46. The third-order valence-corrected chi connectivity index (χ3v) is 2.38. The second-order valence-electron chi connectivity index (χ2n) is 3.91. The number of carboxylic acids is 1. The van der Waals surface area contributed by atoms with E-state index >= 15 is 0 Å². The van der Waals surface area contributed by atoms with Gasteiger partial charge in [-0.15, -0.1) is 0 Å². The SMILES string of the molecule is Cc1[nH]ncc1CNC(=O)N[C@@H](CC(N)=O)C(=O)O. The van der Waals surface area contributed by atoms with Crippen LogP contribution in [0.1, 0.15) is 17.7 Å². The van der Waals surface area contributed by atoms with E-state index in [2.05, 4.69) is 20.8 Å². The highest BCUT2D eigenvalue weighted by molar-refractivity contribution is 5.87. The molecule has 1 aromatic heterocycles. The standard InChI is InChI=1S/C10H15N5O4/c1-5-6(4-13-15-5)3-12-10(19)14-7(9(17)18)2-8(11)16/h4,7H,2-3H2,1H3,(H2,11,16)(H,13,15)(H,17,18)(H2,12,14,19)/t7-/m0/s1. The molecule has 0 saturated heterocycles. The first-order chi connectivity index (χ1) is 8.90. The number of hydrogen-bond acceptors (Lipinski definition) is 4. The number of aromatic nitrogens is 2. The van der Waals surface area contributed by atoms with E-state index in [0.717, 1.165) is 11.3 Å². The van der Waals surface area contributed by atoms with Gasteiger partial charge in [-0.1, -0.05) is 0 Å². The summed E-state index contributed by atoms with van der Waals surface area (Å²) in [5.74, 6) is -2.13. The minimum atomic E-state index is -1.34. The number of H-pyrrole nitrogens is 1. The molecule has 0 aliphatic heterocycles. The van der Waals surface area contributed by atoms with Gasteiger partial charge < -0.3 is 21.5 Å². The molecular formula is C10H15N5O4. The summed E-state index contributed by atoms with van der Waals surface area (Å²) in [6, 6.07) is -2.04. The Balaban J connectivity index is 2.47. The number of carboxylic acid groups (broad SMARTS) is 1. The smallest absolute Gasteiger partial charge is 0.326 e. The maximum Gasteiger partial charge on any atom is 0.326 e. The van der Waals surface area contributed by atoms with Crippen molar-refractivity contribution >= 4 is 17.9 Å². The van der Waals surface area contributed by atoms with Crippen LogP contribution in [0.5, 0.6) is 0 Å². The molecule has 0 fully saturated rings. The van der Waals surface area contributed by atoms with Crippen LogP contribution in [0.15, 0.2) is 6.20 Å². The first-order valence-corrected chi connectivity index (χ1v) is 5.44. The Bertz CT molecular complexity index is 484. The molecule has 0 bridgehead atoms. The van der Waals surface area contributed by atoms with Crippen molar-refractivity contribution in [3.63, 3.8) is 0 Å². The lowest BCUT2D eigenvalue weighted by atomic mass is 10.2. The average Bonchev–Trinajstić information content (AvgIpc) is 2.70. The molecule has 0 saturated carbocycles. The largest absolute Gasteiger partial charge is 0.480 e. The lowest BCUT2D eigenvalue weighted by molar-refractivity contribution is -0.140. The number of rotatable bonds is 6. The van der Waals surface area contributed by atoms with Gasteiger partial charge in [0.05, 0.1) is 12.6 Å². The molecule has 9 heteroatoms. The molecule has 1 rings (SSSR count). The summed E-state index contributed by atoms with van der Waals surface area (Å²) < 4.78 is 0. The minimum Gasteiger partial charge on any atom is -0.480 e. The maximum atomic E-state index is 11.5. The zero-order valence-corrected chi connectivity index (χ0v) is 10.3. The molecule has 0 radical (unpaired) electrons. The van der Waals surface area contributed by atoms with Gasteiger partial charge in [0, 0.05) is 17.8 Å². The van der Waals surface area contributed by atoms with Crippen molar-refractivity contribution in [2.24, 2.45) is 5.73 Å². The quantitative estimate of drug-likeness (QED) is 0.441. The van der Waals surface area contributed by atoms with Crippen LogP contribution < -0.4 is 16.4 Å². The highest BCUT2D eigenvalue weighted by Crippen LogP contribution is 2.01. The Morgan fingerprint density at radius 2 is 2.21 bits per heavy atom. The predicted octanol–water partition coefficient (Wildman–Crippen LogP) is -1.15. The van der Waals surface area contributed by atoms with E-state index in [-0.39, 0.29) is 6.54 Å². The summed E-state index contributed by atoms with van der Waals surface area (Å²) in [4.78, 5) is 32.9. The first-order valence-electron chi connectivity index (χ1n) is 5.44. The van der Waals surface area contributed by atoms with Gasteiger partial charge in [0.25, 0.3) is 0 Å². The number of urea groups is 1. The zero-order valence-electron chi connectivity index (χ0n) is 10.3. The first kappa shape index (κ1) is 14.5. The number of primary amides is 1. The van der Waals surface area contributed by atoms with Gasteiger partial charge in [0.1, 0.15) is 6.04 Å². The lowest BCUT2D eigenvalue weighted by Crippen LogP contribution is -2.47. The second-order valence-corrected chi connectivity index (χ2v) is 3.91. The summed E-state index contributed by atoms with van der Waals surface area (Å²) >= 11 is 0. The third-order valence-electron chi connectivity index (χ3n) is 2.38. The number of nitrogens with zero attached hydrogens (tertiary/aromatic N) is 1. The van der Waals surface area contributed by atoms with E-state index in [1.54, 1.807) is 13.1 Å². The van der Waals surface area contributed by atoms with E-state index < -0.39 is 30.4 Å². The zero-order chi connectivity index (χ0) is 14.4. The molecule has 0 aliphatic rings. The number of carbonyl (C=O) groups is 3. The molecule has 1 atom stereocenters. The highest BCUT2D eigenvalue weighted by atomic mass is 16.4. The molecule has 104 valence electrons. The van der Waals surface area contributed by atoms with Gasteiger partial charge in [-0.25, -0.2) is 9.59 Å². The van der Waals surface area contributed by atoms with E-state index in [0.29, 0.717) is 0 Å². The molecule has 0 spiro atoms. The number of nitrogens with two attached hydrogens (primary N) is 1. The molecule has 19 heavy (non-hydrogen) atoms. The lowest BCUT2D eigenvalue weighted by Gasteiger charge is -2.13. The maximum absolute atomic E-state index is 11.5. The van der Waals surface area contributed by atoms with Crippen LogP contribution in [0.4, 0.5) is 4.79 Å². The number of amides is 3. The topological polar surface area (TPSA) is 150 Å². The highest BCUT2D eigenvalue weighted by Gasteiger charge is 2.21. The number of aryl methyl sites for hydroxylation is 1. The van der Waals surface area contributed by atoms with Crippen molar-refractivity contribution in [3.8, 4) is 0 Å². The Hall–Kier alpha value is -2.58. The van der Waals surface area contributed by atoms with Crippen LogP contribution in [0.3, 0.4) is 0 Å². The summed E-state index contributed by atoms with van der Waals surface area (Å²) in [6.07, 6.45) is 1.08. The van der Waals surface area contributed by atoms with Gasteiger partial charge in [-0.05, 0) is 6.92 Å². The normalized spacial score (nSPS) is 11.6. The molecule has 9 nitrogen and oxygen atoms in total. The van der Waals surface area contributed by atoms with Crippen LogP contribution >= 0.6 is 0 Å². The number of aliphatic carboxylic acids is 1. The van der Waals surface area contributed by atoms with E-state index in [4.69, 9.17) is 10.8 Å². The Kier molecular flexibility index (Phi) is 4.86. The van der Waals surface area contributed by atoms with Crippen molar-refractivity contribution in [1.29, 1.82) is 0 Å². The number of hydrogen-bond donors (Lipinski definition) is 5. The monoisotopic (exact) mass is 269 g/mol. The molecule has 0 unspecified atom stereocenters. The van der Waals surface area contributed by atoms with Crippen molar-refractivity contribution in [1.82, 2.24) is 20.8 Å². The van der Waals surface area contributed by atoms with E-state index in [9.17, 15) is 14.4 Å². The fourth-order valence-corrected chi connectivity index (χ4v) is 1.34. The van der Waals surface area contributed by atoms with Crippen molar-refractivity contribution in [2.75, 3.05) is 0 Å². The van der Waals surface area contributed by atoms with Crippen molar-refractivity contribution in [3.05, 3.63) is 17.5 Å². The molecule has 1 heterocycles. The van der Waals surface area contributed by atoms with Gasteiger partial charge in [0.2, 0.25) is 5.91 Å². The molecular weight excluding hydrogens is 254 g/mol. The van der Waals surface area contributed by atoms with Crippen LogP contribution in [0.2, 0.25) is 0 Å². The second kappa shape index (κ2) is 6.38. The van der Waals surface area contributed by atoms with Crippen molar-refractivity contribution in [2.45, 2.75) is 25.9 Å². The fourth-order valence-electron chi connectivity index (χ4n) is 1.34.